The molecule has 1 N–H and O–H groups in total. The maximum atomic E-state index is 13.2. The summed E-state index contributed by atoms with van der Waals surface area (Å²) in [7, 11) is 0. The molecule has 0 bridgehead atoms. The van der Waals surface area contributed by atoms with Gasteiger partial charge in [0, 0.05) is 19.7 Å². The number of rotatable bonds is 5. The molecule has 1 saturated heterocycles. The molecule has 10 heteroatoms. The van der Waals surface area contributed by atoms with E-state index < -0.39 is 17.8 Å². The van der Waals surface area contributed by atoms with Crippen LogP contribution in [0.15, 0.2) is 66.2 Å². The highest BCUT2D eigenvalue weighted by Gasteiger charge is 2.37. The van der Waals surface area contributed by atoms with Gasteiger partial charge >= 0.3 is 6.03 Å². The molecule has 0 unspecified atom stereocenters. The van der Waals surface area contributed by atoms with Gasteiger partial charge in [-0.2, -0.15) is 5.26 Å². The minimum Gasteiger partial charge on any atom is -0.487 e. The molecular weight excluding hydrogens is 696 g/mol. The number of ether oxygens (including phenoxy) is 1. The number of nitrogens with one attached hydrogen (secondary N) is 1. The fourth-order valence-corrected chi connectivity index (χ4v) is 5.55. The number of nitriles is 1. The van der Waals surface area contributed by atoms with E-state index in [2.05, 4.69) is 56.6 Å². The van der Waals surface area contributed by atoms with Crippen LogP contribution in [0, 0.1) is 18.5 Å². The van der Waals surface area contributed by atoms with Gasteiger partial charge in [-0.3, -0.25) is 14.9 Å². The Morgan fingerprint density at radius 1 is 1.06 bits per heavy atom. The van der Waals surface area contributed by atoms with Crippen LogP contribution in [0.25, 0.3) is 6.08 Å². The predicted octanol–water partition coefficient (Wildman–Crippen LogP) is 5.67. The number of carbonyl (C=O) groups is 3. The molecule has 3 aromatic carbocycles. The van der Waals surface area contributed by atoms with Crippen LogP contribution in [0.3, 0.4) is 0 Å². The molecule has 0 spiro atoms. The first-order valence-corrected chi connectivity index (χ1v) is 12.6. The van der Waals surface area contributed by atoms with Crippen molar-refractivity contribution in [1.29, 1.82) is 5.26 Å². The van der Waals surface area contributed by atoms with Gasteiger partial charge in [0.25, 0.3) is 11.8 Å². The maximum Gasteiger partial charge on any atom is 0.335 e. The molecule has 0 aliphatic carbocycles. The van der Waals surface area contributed by atoms with Gasteiger partial charge in [-0.1, -0.05) is 29.8 Å². The van der Waals surface area contributed by atoms with Crippen molar-refractivity contribution in [3.63, 3.8) is 0 Å². The molecule has 0 saturated carbocycles. The van der Waals surface area contributed by atoms with Gasteiger partial charge in [0.2, 0.25) is 0 Å². The second-order valence-electron chi connectivity index (χ2n) is 7.30. The van der Waals surface area contributed by atoms with Crippen LogP contribution in [0.1, 0.15) is 16.7 Å². The normalized spacial score (nSPS) is 14.6. The van der Waals surface area contributed by atoms with Crippen LogP contribution in [0.2, 0.25) is 5.02 Å². The van der Waals surface area contributed by atoms with E-state index in [0.29, 0.717) is 27.5 Å². The third-order valence-corrected chi connectivity index (χ3v) is 6.71. The summed E-state index contributed by atoms with van der Waals surface area (Å²) in [6, 6.07) is 18.2. The highest BCUT2D eigenvalue weighted by atomic mass is 127. The molecule has 174 valence electrons. The maximum absolute atomic E-state index is 13.2. The number of amides is 4. The second-order valence-corrected chi connectivity index (χ2v) is 10.1. The minimum absolute atomic E-state index is 0.117. The quantitative estimate of drug-likeness (QED) is 0.209. The van der Waals surface area contributed by atoms with Crippen LogP contribution in [0.5, 0.6) is 5.75 Å². The minimum atomic E-state index is -0.846. The largest absolute Gasteiger partial charge is 0.487 e. The van der Waals surface area contributed by atoms with E-state index in [4.69, 9.17) is 16.3 Å². The molecule has 4 rings (SSSR count). The Kier molecular flexibility index (Phi) is 7.73. The highest BCUT2D eigenvalue weighted by Crippen LogP contribution is 2.32. The number of barbiturate groups is 1. The van der Waals surface area contributed by atoms with Crippen molar-refractivity contribution >= 4 is 86.4 Å². The van der Waals surface area contributed by atoms with Crippen LogP contribution < -0.4 is 15.0 Å². The number of anilines is 1. The van der Waals surface area contributed by atoms with Crippen LogP contribution in [0.4, 0.5) is 10.5 Å². The summed E-state index contributed by atoms with van der Waals surface area (Å²) in [4.78, 5) is 39.2. The average molecular weight is 710 g/mol. The molecule has 1 aliphatic rings. The Morgan fingerprint density at radius 2 is 1.77 bits per heavy atom. The standard InChI is InChI=1S/C25H14ClI2N3O4/c26-17-5-7-19(8-6-17)31-24(33)20(23(32)30-25(31)34)10-16-9-18(27)11-21(28)22(16)35-13-15-4-2-1-3-14(15)12-29/h1-11H,13H2,(H,30,32,34)/b20-10+. The Hall–Kier alpha value is -2.95. The Morgan fingerprint density at radius 3 is 2.49 bits per heavy atom. The van der Waals surface area contributed by atoms with Gasteiger partial charge in [0.1, 0.15) is 17.9 Å². The smallest absolute Gasteiger partial charge is 0.335 e. The number of imide groups is 2. The van der Waals surface area contributed by atoms with E-state index >= 15 is 0 Å². The van der Waals surface area contributed by atoms with E-state index in [9.17, 15) is 19.6 Å². The molecule has 1 aliphatic heterocycles. The molecule has 35 heavy (non-hydrogen) atoms. The first-order chi connectivity index (χ1) is 16.8. The Labute approximate surface area is 233 Å². The highest BCUT2D eigenvalue weighted by molar-refractivity contribution is 14.1. The molecule has 0 radical (unpaired) electrons. The molecule has 4 amide bonds. The fourth-order valence-electron chi connectivity index (χ4n) is 3.38. The first-order valence-electron chi connectivity index (χ1n) is 10.1. The number of carbonyl (C=O) groups excluding carboxylic acids is 3. The third-order valence-electron chi connectivity index (χ3n) is 5.03. The second kappa shape index (κ2) is 10.8. The summed E-state index contributed by atoms with van der Waals surface area (Å²) < 4.78 is 7.68. The summed E-state index contributed by atoms with van der Waals surface area (Å²) in [5.74, 6) is -1.13. The van der Waals surface area contributed by atoms with Gasteiger partial charge in [0.15, 0.2) is 0 Å². The number of urea groups is 1. The first kappa shape index (κ1) is 25.2. The number of hydrogen-bond donors (Lipinski definition) is 1. The van der Waals surface area contributed by atoms with Gasteiger partial charge in [0.05, 0.1) is 20.9 Å². The van der Waals surface area contributed by atoms with E-state index in [1.54, 1.807) is 36.4 Å². The summed E-state index contributed by atoms with van der Waals surface area (Å²) in [6.07, 6.45) is 1.41. The predicted molar refractivity (Wildman–Crippen MR) is 148 cm³/mol. The lowest BCUT2D eigenvalue weighted by molar-refractivity contribution is -0.122. The van der Waals surface area contributed by atoms with E-state index in [1.165, 1.54) is 18.2 Å². The number of halogens is 3. The van der Waals surface area contributed by atoms with E-state index in [1.807, 2.05) is 12.1 Å². The third kappa shape index (κ3) is 5.50. The molecule has 1 heterocycles. The lowest BCUT2D eigenvalue weighted by atomic mass is 10.1. The molecular formula is C25H14ClI2N3O4. The lowest BCUT2D eigenvalue weighted by Crippen LogP contribution is -2.54. The molecule has 3 aromatic rings. The zero-order valence-corrected chi connectivity index (χ0v) is 22.8. The number of hydrogen-bond acceptors (Lipinski definition) is 5. The van der Waals surface area contributed by atoms with E-state index in [0.717, 1.165) is 12.0 Å². The van der Waals surface area contributed by atoms with Crippen molar-refractivity contribution in [2.45, 2.75) is 6.61 Å². The van der Waals surface area contributed by atoms with Crippen molar-refractivity contribution in [2.24, 2.45) is 0 Å². The zero-order chi connectivity index (χ0) is 25.1. The number of benzene rings is 3. The Bertz CT molecular complexity index is 1430. The average Bonchev–Trinajstić information content (AvgIpc) is 2.82. The fraction of sp³-hybridized carbons (Fsp3) is 0.0400. The van der Waals surface area contributed by atoms with Gasteiger partial charge in [-0.25, -0.2) is 9.69 Å². The van der Waals surface area contributed by atoms with Gasteiger partial charge in [-0.05, 0) is 93.7 Å². The molecule has 0 aromatic heterocycles. The van der Waals surface area contributed by atoms with Gasteiger partial charge < -0.3 is 4.74 Å². The van der Waals surface area contributed by atoms with Crippen LogP contribution in [-0.4, -0.2) is 17.8 Å². The zero-order valence-electron chi connectivity index (χ0n) is 17.7. The van der Waals surface area contributed by atoms with Crippen molar-refractivity contribution in [3.8, 4) is 11.8 Å². The van der Waals surface area contributed by atoms with E-state index in [-0.39, 0.29) is 17.9 Å². The monoisotopic (exact) mass is 709 g/mol. The number of nitrogens with zero attached hydrogens (tertiary/aromatic N) is 2. The van der Waals surface area contributed by atoms with Crippen molar-refractivity contribution < 1.29 is 19.1 Å². The van der Waals surface area contributed by atoms with Crippen molar-refractivity contribution in [3.05, 3.63) is 95.1 Å². The molecule has 1 fully saturated rings. The SMILES string of the molecule is N#Cc1ccccc1COc1c(I)cc(I)cc1/C=C1\C(=O)NC(=O)N(c2ccc(Cl)cc2)C1=O. The molecule has 0 atom stereocenters. The summed E-state index contributed by atoms with van der Waals surface area (Å²) in [5.41, 5.74) is 1.73. The topological polar surface area (TPSA) is 99.5 Å². The summed E-state index contributed by atoms with van der Waals surface area (Å²) in [6.45, 7) is 0.117. The van der Waals surface area contributed by atoms with Crippen molar-refractivity contribution in [2.75, 3.05) is 4.90 Å². The summed E-state index contributed by atoms with van der Waals surface area (Å²) >= 11 is 10.2. The van der Waals surface area contributed by atoms with Crippen molar-refractivity contribution in [1.82, 2.24) is 5.32 Å². The Balaban J connectivity index is 1.72. The van der Waals surface area contributed by atoms with Crippen LogP contribution in [-0.2, 0) is 16.2 Å². The lowest BCUT2D eigenvalue weighted by Gasteiger charge is -2.26. The van der Waals surface area contributed by atoms with Gasteiger partial charge in [-0.15, -0.1) is 0 Å². The molecule has 7 nitrogen and oxygen atoms in total. The summed E-state index contributed by atoms with van der Waals surface area (Å²) in [5, 5.41) is 12.0. The van der Waals surface area contributed by atoms with Crippen LogP contribution >= 0.6 is 56.8 Å².